The van der Waals surface area contributed by atoms with Crippen LogP contribution in [0.15, 0.2) is 46.1 Å². The summed E-state index contributed by atoms with van der Waals surface area (Å²) in [6.07, 6.45) is 2.61. The highest BCUT2D eigenvalue weighted by atomic mass is 16.5. The Hall–Kier alpha value is -2.34. The molecule has 2 heterocycles. The van der Waals surface area contributed by atoms with Gasteiger partial charge in [-0.3, -0.25) is 9.89 Å². The van der Waals surface area contributed by atoms with Crippen LogP contribution in [0.25, 0.3) is 0 Å². The summed E-state index contributed by atoms with van der Waals surface area (Å²) in [6.45, 7) is 10.8. The van der Waals surface area contributed by atoms with Crippen LogP contribution in [0, 0.1) is 6.92 Å². The van der Waals surface area contributed by atoms with Crippen molar-refractivity contribution in [1.82, 2.24) is 20.3 Å². The van der Waals surface area contributed by atoms with Gasteiger partial charge in [0, 0.05) is 51.9 Å². The molecule has 1 aromatic heterocycles. The molecule has 0 spiro atoms. The highest BCUT2D eigenvalue weighted by Gasteiger charge is 2.20. The van der Waals surface area contributed by atoms with Gasteiger partial charge in [-0.15, -0.1) is 0 Å². The van der Waals surface area contributed by atoms with E-state index in [0.29, 0.717) is 0 Å². The van der Waals surface area contributed by atoms with Crippen LogP contribution in [-0.2, 0) is 13.0 Å². The summed E-state index contributed by atoms with van der Waals surface area (Å²) < 4.78 is 4.92. The maximum atomic E-state index is 4.92. The fourth-order valence-electron chi connectivity index (χ4n) is 3.26. The summed E-state index contributed by atoms with van der Waals surface area (Å²) in [7, 11) is 0. The largest absolute Gasteiger partial charge is 0.364 e. The van der Waals surface area contributed by atoms with Gasteiger partial charge in [-0.05, 0) is 31.4 Å². The van der Waals surface area contributed by atoms with E-state index in [1.807, 2.05) is 6.07 Å². The van der Waals surface area contributed by atoms with E-state index in [1.165, 1.54) is 11.1 Å². The standard InChI is InChI=1S/C20H29N5O/c1-3-21-20(22-10-8-18-7-5-4-6-17(18)2)25-13-11-24(12-14-25)16-19-9-15-26-23-19/h4-7,9,15H,3,8,10-14,16H2,1-2H3,(H,21,22). The first kappa shape index (κ1) is 18.5. The summed E-state index contributed by atoms with van der Waals surface area (Å²) in [5, 5.41) is 7.45. The van der Waals surface area contributed by atoms with E-state index in [2.05, 4.69) is 58.4 Å². The summed E-state index contributed by atoms with van der Waals surface area (Å²) in [4.78, 5) is 9.63. The Balaban J connectivity index is 1.52. The number of rotatable bonds is 6. The van der Waals surface area contributed by atoms with Gasteiger partial charge in [0.15, 0.2) is 5.96 Å². The predicted octanol–water partition coefficient (Wildman–Crippen LogP) is 2.31. The molecule has 0 unspecified atom stereocenters. The van der Waals surface area contributed by atoms with Crippen LogP contribution >= 0.6 is 0 Å². The third-order valence-electron chi connectivity index (χ3n) is 4.79. The van der Waals surface area contributed by atoms with Gasteiger partial charge < -0.3 is 14.7 Å². The van der Waals surface area contributed by atoms with Gasteiger partial charge in [-0.25, -0.2) is 0 Å². The van der Waals surface area contributed by atoms with Crippen molar-refractivity contribution in [1.29, 1.82) is 0 Å². The second-order valence-electron chi connectivity index (χ2n) is 6.67. The SMILES string of the molecule is CCNC(=NCCc1ccccc1C)N1CCN(Cc2ccon2)CC1. The van der Waals surface area contributed by atoms with E-state index in [9.17, 15) is 0 Å². The average Bonchev–Trinajstić information content (AvgIpc) is 3.16. The van der Waals surface area contributed by atoms with Gasteiger partial charge in [-0.1, -0.05) is 29.4 Å². The maximum absolute atomic E-state index is 4.92. The molecular weight excluding hydrogens is 326 g/mol. The molecule has 1 N–H and O–H groups in total. The number of hydrogen-bond acceptors (Lipinski definition) is 4. The van der Waals surface area contributed by atoms with Gasteiger partial charge in [0.1, 0.15) is 6.26 Å². The molecule has 0 radical (unpaired) electrons. The fourth-order valence-corrected chi connectivity index (χ4v) is 3.26. The lowest BCUT2D eigenvalue weighted by Crippen LogP contribution is -2.52. The molecule has 1 aromatic carbocycles. The van der Waals surface area contributed by atoms with E-state index in [0.717, 1.165) is 63.9 Å². The number of piperazine rings is 1. The number of aromatic nitrogens is 1. The van der Waals surface area contributed by atoms with Gasteiger partial charge in [0.2, 0.25) is 0 Å². The topological polar surface area (TPSA) is 56.9 Å². The van der Waals surface area contributed by atoms with E-state index < -0.39 is 0 Å². The lowest BCUT2D eigenvalue weighted by Gasteiger charge is -2.36. The van der Waals surface area contributed by atoms with Crippen molar-refractivity contribution in [2.45, 2.75) is 26.8 Å². The second-order valence-corrected chi connectivity index (χ2v) is 6.67. The minimum Gasteiger partial charge on any atom is -0.364 e. The Bertz CT molecular complexity index is 690. The van der Waals surface area contributed by atoms with E-state index >= 15 is 0 Å². The minimum atomic E-state index is 0.812. The Morgan fingerprint density at radius 3 is 2.69 bits per heavy atom. The van der Waals surface area contributed by atoms with Crippen molar-refractivity contribution in [3.05, 3.63) is 53.4 Å². The van der Waals surface area contributed by atoms with E-state index in [-0.39, 0.29) is 0 Å². The quantitative estimate of drug-likeness (QED) is 0.637. The summed E-state index contributed by atoms with van der Waals surface area (Å²) in [6, 6.07) is 10.5. The van der Waals surface area contributed by atoms with Crippen molar-refractivity contribution in [2.75, 3.05) is 39.3 Å². The van der Waals surface area contributed by atoms with Crippen molar-refractivity contribution in [3.63, 3.8) is 0 Å². The molecule has 1 fully saturated rings. The Morgan fingerprint density at radius 2 is 2.00 bits per heavy atom. The van der Waals surface area contributed by atoms with Crippen LogP contribution in [0.3, 0.4) is 0 Å². The molecular formula is C20H29N5O. The predicted molar refractivity (Wildman–Crippen MR) is 104 cm³/mol. The van der Waals surface area contributed by atoms with Crippen LogP contribution in [0.2, 0.25) is 0 Å². The van der Waals surface area contributed by atoms with E-state index in [4.69, 9.17) is 9.52 Å². The highest BCUT2D eigenvalue weighted by Crippen LogP contribution is 2.09. The summed E-state index contributed by atoms with van der Waals surface area (Å²) >= 11 is 0. The lowest BCUT2D eigenvalue weighted by atomic mass is 10.1. The highest BCUT2D eigenvalue weighted by molar-refractivity contribution is 5.80. The zero-order valence-corrected chi connectivity index (χ0v) is 15.8. The Kier molecular flexibility index (Phi) is 6.66. The minimum absolute atomic E-state index is 0.812. The van der Waals surface area contributed by atoms with Gasteiger partial charge >= 0.3 is 0 Å². The molecule has 1 aliphatic heterocycles. The second kappa shape index (κ2) is 9.38. The fraction of sp³-hybridized carbons (Fsp3) is 0.500. The normalized spacial score (nSPS) is 16.1. The van der Waals surface area contributed by atoms with Crippen molar-refractivity contribution in [3.8, 4) is 0 Å². The van der Waals surface area contributed by atoms with Gasteiger partial charge in [-0.2, -0.15) is 0 Å². The smallest absolute Gasteiger partial charge is 0.194 e. The van der Waals surface area contributed by atoms with Gasteiger partial charge in [0.05, 0.1) is 5.69 Å². The number of aryl methyl sites for hydroxylation is 1. The van der Waals surface area contributed by atoms with Crippen LogP contribution in [-0.4, -0.2) is 60.2 Å². The molecule has 0 saturated carbocycles. The van der Waals surface area contributed by atoms with Crippen molar-refractivity contribution in [2.24, 2.45) is 4.99 Å². The first-order valence-corrected chi connectivity index (χ1v) is 9.45. The molecule has 6 heteroatoms. The molecule has 0 bridgehead atoms. The van der Waals surface area contributed by atoms with Crippen LogP contribution < -0.4 is 5.32 Å². The zero-order chi connectivity index (χ0) is 18.2. The molecule has 1 aliphatic rings. The maximum Gasteiger partial charge on any atom is 0.194 e. The van der Waals surface area contributed by atoms with Crippen molar-refractivity contribution >= 4 is 5.96 Å². The Morgan fingerprint density at radius 1 is 1.19 bits per heavy atom. The summed E-state index contributed by atoms with van der Waals surface area (Å²) in [5.41, 5.74) is 3.72. The van der Waals surface area contributed by atoms with Crippen LogP contribution in [0.4, 0.5) is 0 Å². The first-order chi connectivity index (χ1) is 12.8. The molecule has 6 nitrogen and oxygen atoms in total. The average molecular weight is 355 g/mol. The number of nitrogens with zero attached hydrogens (tertiary/aromatic N) is 4. The number of hydrogen-bond donors (Lipinski definition) is 1. The number of nitrogens with one attached hydrogen (secondary N) is 1. The third kappa shape index (κ3) is 5.08. The first-order valence-electron chi connectivity index (χ1n) is 9.45. The third-order valence-corrected chi connectivity index (χ3v) is 4.79. The van der Waals surface area contributed by atoms with E-state index in [1.54, 1.807) is 6.26 Å². The Labute approximate surface area is 155 Å². The summed E-state index contributed by atoms with van der Waals surface area (Å²) in [5.74, 6) is 1.03. The lowest BCUT2D eigenvalue weighted by molar-refractivity contribution is 0.169. The van der Waals surface area contributed by atoms with Crippen LogP contribution in [0.1, 0.15) is 23.7 Å². The molecule has 26 heavy (non-hydrogen) atoms. The molecule has 0 aliphatic carbocycles. The molecule has 3 rings (SSSR count). The number of benzene rings is 1. The monoisotopic (exact) mass is 355 g/mol. The number of guanidine groups is 1. The van der Waals surface area contributed by atoms with Crippen molar-refractivity contribution < 1.29 is 4.52 Å². The zero-order valence-electron chi connectivity index (χ0n) is 15.8. The molecule has 2 aromatic rings. The molecule has 0 amide bonds. The number of aliphatic imine (C=N–C) groups is 1. The molecule has 0 atom stereocenters. The van der Waals surface area contributed by atoms with Crippen LogP contribution in [0.5, 0.6) is 0 Å². The molecule has 1 saturated heterocycles. The molecule has 140 valence electrons. The van der Waals surface area contributed by atoms with Gasteiger partial charge in [0.25, 0.3) is 0 Å².